The van der Waals surface area contributed by atoms with E-state index in [1.165, 1.54) is 48.5 Å². The number of alkyl halides is 2. The van der Waals surface area contributed by atoms with Crippen LogP contribution in [0.25, 0.3) is 0 Å². The fourth-order valence-corrected chi connectivity index (χ4v) is 3.55. The highest BCUT2D eigenvalue weighted by Gasteiger charge is 2.22. The molecule has 0 aromatic heterocycles. The lowest BCUT2D eigenvalue weighted by Crippen LogP contribution is -2.42. The molecule has 0 fully saturated rings. The number of aliphatic carboxylic acids is 1. The fraction of sp³-hybridized carbons (Fsp3) is 0.192. The van der Waals surface area contributed by atoms with Gasteiger partial charge in [0.2, 0.25) is 5.91 Å². The normalized spacial score (nSPS) is 12.6. The van der Waals surface area contributed by atoms with E-state index in [9.17, 15) is 32.7 Å². The van der Waals surface area contributed by atoms with Gasteiger partial charge in [-0.2, -0.15) is 0 Å². The van der Waals surface area contributed by atoms with Gasteiger partial charge in [-0.3, -0.25) is 4.79 Å². The Hall–Kier alpha value is -4.34. The van der Waals surface area contributed by atoms with Crippen LogP contribution in [0.2, 0.25) is 0 Å². The number of nitrogens with two attached hydrogens (primary N) is 1. The number of carbonyl (C=O) groups excluding carboxylic acids is 2. The predicted octanol–water partition coefficient (Wildman–Crippen LogP) is 4.30. The molecule has 3 rings (SSSR count). The Kier molecular flexibility index (Phi) is 8.66. The number of carboxylic acid groups (broad SMARTS) is 1. The smallest absolute Gasteiger partial charge is 0.408 e. The first-order chi connectivity index (χ1) is 17.1. The molecule has 0 bridgehead atoms. The number of alkyl carbamates (subject to hydrolysis) is 1. The van der Waals surface area contributed by atoms with Gasteiger partial charge in [0.05, 0.1) is 5.92 Å². The van der Waals surface area contributed by atoms with E-state index in [4.69, 9.17) is 10.5 Å². The van der Waals surface area contributed by atoms with Crippen LogP contribution in [-0.2, 0) is 27.4 Å². The van der Waals surface area contributed by atoms with E-state index in [2.05, 4.69) is 5.32 Å². The first kappa shape index (κ1) is 26.3. The van der Waals surface area contributed by atoms with E-state index in [0.717, 1.165) is 0 Å². The lowest BCUT2D eigenvalue weighted by atomic mass is 9.90. The molecule has 188 valence electrons. The first-order valence-electron chi connectivity index (χ1n) is 10.8. The quantitative estimate of drug-likeness (QED) is 0.384. The van der Waals surface area contributed by atoms with Crippen LogP contribution in [0.4, 0.5) is 18.0 Å². The summed E-state index contributed by atoms with van der Waals surface area (Å²) in [5.74, 6) is -3.17. The van der Waals surface area contributed by atoms with Crippen molar-refractivity contribution in [3.05, 3.63) is 106 Å². The zero-order valence-electron chi connectivity index (χ0n) is 18.9. The maximum absolute atomic E-state index is 13.2. The van der Waals surface area contributed by atoms with Gasteiger partial charge in [-0.25, -0.2) is 22.8 Å². The zero-order chi connectivity index (χ0) is 26.2. The van der Waals surface area contributed by atoms with Gasteiger partial charge in [0, 0.05) is 12.0 Å². The molecule has 0 aliphatic rings. The molecule has 10 heteroatoms. The second-order valence-electron chi connectivity index (χ2n) is 7.99. The average Bonchev–Trinajstić information content (AvgIpc) is 2.84. The maximum atomic E-state index is 13.2. The van der Waals surface area contributed by atoms with Gasteiger partial charge >= 0.3 is 12.1 Å². The molecule has 2 atom stereocenters. The molecule has 0 heterocycles. The molecule has 0 radical (unpaired) electrons. The molecular formula is C26H23F3N2O5. The summed E-state index contributed by atoms with van der Waals surface area (Å²) in [6, 6.07) is 15.7. The van der Waals surface area contributed by atoms with Gasteiger partial charge in [0.1, 0.15) is 18.5 Å². The Morgan fingerprint density at radius 1 is 0.833 bits per heavy atom. The topological polar surface area (TPSA) is 119 Å². The number of carbonyl (C=O) groups is 3. The average molecular weight is 500 g/mol. The summed E-state index contributed by atoms with van der Waals surface area (Å²) < 4.78 is 43.7. The molecular weight excluding hydrogens is 477 g/mol. The zero-order valence-corrected chi connectivity index (χ0v) is 18.9. The minimum Gasteiger partial charge on any atom is -0.480 e. The second kappa shape index (κ2) is 11.9. The van der Waals surface area contributed by atoms with Crippen LogP contribution in [0.15, 0.2) is 72.8 Å². The predicted molar refractivity (Wildman–Crippen MR) is 124 cm³/mol. The molecule has 0 saturated heterocycles. The molecule has 0 aliphatic heterocycles. The van der Waals surface area contributed by atoms with Gasteiger partial charge in [-0.15, -0.1) is 0 Å². The van der Waals surface area contributed by atoms with Crippen LogP contribution < -0.4 is 11.1 Å². The summed E-state index contributed by atoms with van der Waals surface area (Å²) in [5, 5.41) is 11.6. The highest BCUT2D eigenvalue weighted by atomic mass is 19.3. The van der Waals surface area contributed by atoms with E-state index in [0.29, 0.717) is 22.3 Å². The first-order valence-corrected chi connectivity index (χ1v) is 10.8. The largest absolute Gasteiger partial charge is 0.480 e. The van der Waals surface area contributed by atoms with Crippen LogP contribution in [0.1, 0.15) is 40.2 Å². The van der Waals surface area contributed by atoms with Crippen LogP contribution in [0.3, 0.4) is 0 Å². The van der Waals surface area contributed by atoms with Gasteiger partial charge < -0.3 is 20.9 Å². The van der Waals surface area contributed by atoms with Gasteiger partial charge in [0.25, 0.3) is 6.43 Å². The highest BCUT2D eigenvalue weighted by Crippen LogP contribution is 2.25. The van der Waals surface area contributed by atoms with Crippen molar-refractivity contribution in [1.29, 1.82) is 0 Å². The molecule has 7 nitrogen and oxygen atoms in total. The number of hydrogen-bond acceptors (Lipinski definition) is 4. The summed E-state index contributed by atoms with van der Waals surface area (Å²) in [6.45, 7) is -0.181. The molecule has 0 aliphatic carbocycles. The Morgan fingerprint density at radius 3 is 1.83 bits per heavy atom. The molecule has 3 aromatic carbocycles. The van der Waals surface area contributed by atoms with E-state index >= 15 is 0 Å². The van der Waals surface area contributed by atoms with Gasteiger partial charge in [0.15, 0.2) is 0 Å². The minimum atomic E-state index is -2.64. The number of benzene rings is 3. The monoisotopic (exact) mass is 500 g/mol. The Morgan fingerprint density at radius 2 is 1.33 bits per heavy atom. The van der Waals surface area contributed by atoms with E-state index in [-0.39, 0.29) is 18.6 Å². The SMILES string of the molecule is NC(=O)C(c1ccc(F)cc1)c1ccc(COC(=O)N[C@@H](Cc2ccc(C(F)F)cc2)C(=O)O)cc1. The fourth-order valence-electron chi connectivity index (χ4n) is 3.55. The van der Waals surface area contributed by atoms with E-state index < -0.39 is 42.2 Å². The Bertz CT molecular complexity index is 1200. The van der Waals surface area contributed by atoms with Crippen molar-refractivity contribution >= 4 is 18.0 Å². The number of rotatable bonds is 10. The highest BCUT2D eigenvalue weighted by molar-refractivity contribution is 5.85. The number of carboxylic acids is 1. The number of hydrogen-bond donors (Lipinski definition) is 3. The number of halogens is 3. The van der Waals surface area contributed by atoms with Crippen molar-refractivity contribution in [3.63, 3.8) is 0 Å². The van der Waals surface area contributed by atoms with Crippen molar-refractivity contribution in [3.8, 4) is 0 Å². The number of nitrogens with one attached hydrogen (secondary N) is 1. The lowest BCUT2D eigenvalue weighted by molar-refractivity contribution is -0.139. The summed E-state index contributed by atoms with van der Waals surface area (Å²) >= 11 is 0. The number of amides is 2. The number of primary amides is 1. The van der Waals surface area contributed by atoms with Crippen molar-refractivity contribution in [1.82, 2.24) is 5.32 Å². The number of ether oxygens (including phenoxy) is 1. The van der Waals surface area contributed by atoms with Crippen molar-refractivity contribution in [2.24, 2.45) is 5.73 Å². The summed E-state index contributed by atoms with van der Waals surface area (Å²) in [4.78, 5) is 35.7. The third kappa shape index (κ3) is 7.08. The van der Waals surface area contributed by atoms with Crippen molar-refractivity contribution in [2.75, 3.05) is 0 Å². The molecule has 0 spiro atoms. The summed E-state index contributed by atoms with van der Waals surface area (Å²) in [5.41, 5.74) is 7.44. The molecule has 4 N–H and O–H groups in total. The summed E-state index contributed by atoms with van der Waals surface area (Å²) in [7, 11) is 0. The van der Waals surface area contributed by atoms with E-state index in [1.54, 1.807) is 24.3 Å². The van der Waals surface area contributed by atoms with Crippen molar-refractivity contribution < 1.29 is 37.4 Å². The van der Waals surface area contributed by atoms with Crippen LogP contribution >= 0.6 is 0 Å². The van der Waals surface area contributed by atoms with Crippen LogP contribution in [-0.4, -0.2) is 29.1 Å². The summed E-state index contributed by atoms with van der Waals surface area (Å²) in [6.07, 6.45) is -3.74. The molecule has 0 saturated carbocycles. The molecule has 2 amide bonds. The standard InChI is InChI=1S/C26H23F3N2O5/c27-20-11-9-18(10-12-20)22(24(30)32)17-5-3-16(4-6-17)14-36-26(35)31-21(25(33)34)13-15-1-7-19(8-2-15)23(28)29/h1-12,21-23H,13-14H2,(H2,30,32)(H,31,35)(H,33,34)/t21-,22?/m0/s1. The van der Waals surface area contributed by atoms with Crippen molar-refractivity contribution in [2.45, 2.75) is 31.4 Å². The Labute approximate surface area is 204 Å². The minimum absolute atomic E-state index is 0.124. The van der Waals surface area contributed by atoms with Gasteiger partial charge in [-0.05, 0) is 34.4 Å². The van der Waals surface area contributed by atoms with Crippen LogP contribution in [0, 0.1) is 5.82 Å². The maximum Gasteiger partial charge on any atom is 0.408 e. The van der Waals surface area contributed by atoms with Gasteiger partial charge in [-0.1, -0.05) is 60.7 Å². The molecule has 36 heavy (non-hydrogen) atoms. The Balaban J connectivity index is 1.58. The third-order valence-corrected chi connectivity index (χ3v) is 5.43. The van der Waals surface area contributed by atoms with E-state index in [1.807, 2.05) is 0 Å². The molecule has 3 aromatic rings. The second-order valence-corrected chi connectivity index (χ2v) is 7.99. The lowest BCUT2D eigenvalue weighted by Gasteiger charge is -2.16. The third-order valence-electron chi connectivity index (χ3n) is 5.43. The van der Waals surface area contributed by atoms with Crippen LogP contribution in [0.5, 0.6) is 0 Å². The molecule has 1 unspecified atom stereocenters.